The van der Waals surface area contributed by atoms with Gasteiger partial charge in [-0.15, -0.1) is 0 Å². The number of ether oxygens (including phenoxy) is 3. The van der Waals surface area contributed by atoms with Gasteiger partial charge in [0.15, 0.2) is 6.61 Å². The summed E-state index contributed by atoms with van der Waals surface area (Å²) in [6.45, 7) is 3.52. The summed E-state index contributed by atoms with van der Waals surface area (Å²) < 4.78 is 17.6. The predicted molar refractivity (Wildman–Crippen MR) is 118 cm³/mol. The zero-order valence-electron chi connectivity index (χ0n) is 17.3. The Kier molecular flexibility index (Phi) is 5.58. The first-order valence-electron chi connectivity index (χ1n) is 10.7. The number of fused-ring (bicyclic) bond motifs is 2. The van der Waals surface area contributed by atoms with Gasteiger partial charge in [-0.05, 0) is 43.2 Å². The van der Waals surface area contributed by atoms with Crippen molar-refractivity contribution in [3.63, 3.8) is 0 Å². The average Bonchev–Trinajstić information content (AvgIpc) is 2.80. The summed E-state index contributed by atoms with van der Waals surface area (Å²) in [5.41, 5.74) is 1.62. The normalized spacial score (nSPS) is 17.0. The van der Waals surface area contributed by atoms with E-state index in [2.05, 4.69) is 15.2 Å². The number of carbonyl (C=O) groups excluding carboxylic acids is 1. The predicted octanol–water partition coefficient (Wildman–Crippen LogP) is 3.49. The third-order valence-electron chi connectivity index (χ3n) is 5.70. The molecule has 1 saturated heterocycles. The van der Waals surface area contributed by atoms with Gasteiger partial charge >= 0.3 is 0 Å². The fourth-order valence-corrected chi connectivity index (χ4v) is 4.06. The molecule has 0 unspecified atom stereocenters. The van der Waals surface area contributed by atoms with Crippen LogP contribution < -0.4 is 19.5 Å². The number of hydrogen-bond acceptors (Lipinski definition) is 6. The highest BCUT2D eigenvalue weighted by molar-refractivity contribution is 5.95. The number of anilines is 1. The lowest BCUT2D eigenvalue weighted by molar-refractivity contribution is -0.118. The Morgan fingerprint density at radius 2 is 2.00 bits per heavy atom. The third-order valence-corrected chi connectivity index (χ3v) is 5.70. The van der Waals surface area contributed by atoms with Crippen molar-refractivity contribution in [2.45, 2.75) is 18.9 Å². The van der Waals surface area contributed by atoms with E-state index in [1.54, 1.807) is 6.20 Å². The topological polar surface area (TPSA) is 72.9 Å². The number of carbonyl (C=O) groups is 1. The zero-order chi connectivity index (χ0) is 21.0. The van der Waals surface area contributed by atoms with Crippen LogP contribution in [0, 0.1) is 0 Å². The fraction of sp³-hybridized carbons (Fsp3) is 0.333. The highest BCUT2D eigenvalue weighted by Gasteiger charge is 2.22. The van der Waals surface area contributed by atoms with Gasteiger partial charge < -0.3 is 19.5 Å². The Balaban J connectivity index is 1.09. The van der Waals surface area contributed by atoms with Gasteiger partial charge in [0, 0.05) is 37.3 Å². The molecule has 0 aliphatic carbocycles. The molecule has 0 radical (unpaired) electrons. The second-order valence-corrected chi connectivity index (χ2v) is 7.83. The minimum absolute atomic E-state index is 0.0623. The monoisotopic (exact) mass is 419 g/mol. The van der Waals surface area contributed by atoms with Crippen LogP contribution in [0.15, 0.2) is 54.7 Å². The van der Waals surface area contributed by atoms with Crippen molar-refractivity contribution in [2.75, 3.05) is 38.2 Å². The Bertz CT molecular complexity index is 1070. The number of amides is 1. The number of para-hydroxylation sites is 1. The molecule has 5 rings (SSSR count). The Hall–Kier alpha value is -3.32. The van der Waals surface area contributed by atoms with Crippen molar-refractivity contribution >= 4 is 22.5 Å². The molecule has 0 spiro atoms. The quantitative estimate of drug-likeness (QED) is 0.660. The number of piperidine rings is 1. The van der Waals surface area contributed by atoms with E-state index < -0.39 is 0 Å². The first-order valence-corrected chi connectivity index (χ1v) is 10.7. The molecule has 0 bridgehead atoms. The lowest BCUT2D eigenvalue weighted by Crippen LogP contribution is -2.40. The molecule has 7 heteroatoms. The second-order valence-electron chi connectivity index (χ2n) is 7.83. The van der Waals surface area contributed by atoms with E-state index in [-0.39, 0.29) is 18.6 Å². The van der Waals surface area contributed by atoms with E-state index in [0.29, 0.717) is 18.0 Å². The number of hydrogen-bond donors (Lipinski definition) is 1. The van der Waals surface area contributed by atoms with Crippen LogP contribution in [0.25, 0.3) is 10.9 Å². The molecular weight excluding hydrogens is 394 g/mol. The molecule has 1 fully saturated rings. The van der Waals surface area contributed by atoms with Crippen molar-refractivity contribution in [3.05, 3.63) is 54.7 Å². The maximum absolute atomic E-state index is 11.5. The molecule has 0 atom stereocenters. The number of rotatable bonds is 6. The van der Waals surface area contributed by atoms with E-state index in [1.165, 1.54) is 0 Å². The molecule has 2 aromatic carbocycles. The molecule has 1 amide bonds. The lowest BCUT2D eigenvalue weighted by atomic mass is 10.1. The summed E-state index contributed by atoms with van der Waals surface area (Å²) in [6, 6.07) is 15.5. The molecular formula is C24H25N3O4. The van der Waals surface area contributed by atoms with Crippen LogP contribution >= 0.6 is 0 Å². The van der Waals surface area contributed by atoms with E-state index in [4.69, 9.17) is 14.2 Å². The van der Waals surface area contributed by atoms with E-state index in [0.717, 1.165) is 54.9 Å². The summed E-state index contributed by atoms with van der Waals surface area (Å²) in [5, 5.41) is 3.87. The van der Waals surface area contributed by atoms with Crippen LogP contribution in [0.3, 0.4) is 0 Å². The number of nitrogens with zero attached hydrogens (tertiary/aromatic N) is 2. The maximum atomic E-state index is 11.5. The molecule has 1 N–H and O–H groups in total. The van der Waals surface area contributed by atoms with E-state index in [1.807, 2.05) is 48.5 Å². The minimum Gasteiger partial charge on any atom is -0.491 e. The summed E-state index contributed by atoms with van der Waals surface area (Å²) in [6.07, 6.45) is 3.87. The van der Waals surface area contributed by atoms with Crippen LogP contribution in [0.1, 0.15) is 12.8 Å². The number of pyridine rings is 1. The van der Waals surface area contributed by atoms with Gasteiger partial charge in [0.25, 0.3) is 5.91 Å². The summed E-state index contributed by atoms with van der Waals surface area (Å²) in [5.74, 6) is 2.19. The molecule has 31 heavy (non-hydrogen) atoms. The smallest absolute Gasteiger partial charge is 0.262 e. The summed E-state index contributed by atoms with van der Waals surface area (Å²) in [4.78, 5) is 18.3. The lowest BCUT2D eigenvalue weighted by Gasteiger charge is -2.32. The third kappa shape index (κ3) is 4.56. The molecule has 160 valence electrons. The van der Waals surface area contributed by atoms with E-state index >= 15 is 0 Å². The van der Waals surface area contributed by atoms with Gasteiger partial charge in [-0.3, -0.25) is 14.7 Å². The van der Waals surface area contributed by atoms with Gasteiger partial charge in [-0.1, -0.05) is 12.1 Å². The van der Waals surface area contributed by atoms with Crippen LogP contribution in [-0.2, 0) is 4.79 Å². The van der Waals surface area contributed by atoms with Crippen molar-refractivity contribution in [3.8, 4) is 17.2 Å². The SMILES string of the molecule is O=C1COc2ccc(OC3CCN(CCOc4ccnc5ccccc45)CC3)cc2N1. The Labute approximate surface area is 180 Å². The number of aromatic nitrogens is 1. The molecule has 1 aromatic heterocycles. The highest BCUT2D eigenvalue weighted by atomic mass is 16.5. The first kappa shape index (κ1) is 19.6. The maximum Gasteiger partial charge on any atom is 0.262 e. The van der Waals surface area contributed by atoms with Gasteiger partial charge in [0.1, 0.15) is 30.0 Å². The van der Waals surface area contributed by atoms with Crippen LogP contribution in [0.5, 0.6) is 17.2 Å². The number of likely N-dealkylation sites (tertiary alicyclic amines) is 1. The molecule has 2 aliphatic rings. The van der Waals surface area contributed by atoms with Gasteiger partial charge in [-0.25, -0.2) is 0 Å². The van der Waals surface area contributed by atoms with Gasteiger partial charge in [-0.2, -0.15) is 0 Å². The molecule has 3 aromatic rings. The van der Waals surface area contributed by atoms with Crippen LogP contribution in [0.2, 0.25) is 0 Å². The second kappa shape index (κ2) is 8.81. The first-order chi connectivity index (χ1) is 15.2. The number of benzene rings is 2. The van der Waals surface area contributed by atoms with Crippen LogP contribution in [-0.4, -0.2) is 54.7 Å². The van der Waals surface area contributed by atoms with Crippen LogP contribution in [0.4, 0.5) is 5.69 Å². The Morgan fingerprint density at radius 3 is 2.90 bits per heavy atom. The summed E-state index contributed by atoms with van der Waals surface area (Å²) in [7, 11) is 0. The number of nitrogens with one attached hydrogen (secondary N) is 1. The molecule has 0 saturated carbocycles. The van der Waals surface area contributed by atoms with Crippen molar-refractivity contribution in [2.24, 2.45) is 0 Å². The standard InChI is InChI=1S/C24H25N3O4/c28-24-16-30-23-6-5-18(15-21(23)26-24)31-17-8-11-27(12-9-17)13-14-29-22-7-10-25-20-4-2-1-3-19(20)22/h1-7,10,15,17H,8-9,11-14,16H2,(H,26,28). The van der Waals surface area contributed by atoms with Gasteiger partial charge in [0.05, 0.1) is 11.2 Å². The largest absolute Gasteiger partial charge is 0.491 e. The van der Waals surface area contributed by atoms with E-state index in [9.17, 15) is 4.79 Å². The highest BCUT2D eigenvalue weighted by Crippen LogP contribution is 2.32. The van der Waals surface area contributed by atoms with Crippen molar-refractivity contribution < 1.29 is 19.0 Å². The molecule has 2 aliphatic heterocycles. The van der Waals surface area contributed by atoms with Crippen molar-refractivity contribution in [1.82, 2.24) is 9.88 Å². The average molecular weight is 419 g/mol. The molecule has 3 heterocycles. The van der Waals surface area contributed by atoms with Gasteiger partial charge in [0.2, 0.25) is 0 Å². The Morgan fingerprint density at radius 1 is 1.13 bits per heavy atom. The summed E-state index contributed by atoms with van der Waals surface area (Å²) >= 11 is 0. The fourth-order valence-electron chi connectivity index (χ4n) is 4.06. The van der Waals surface area contributed by atoms with Crippen molar-refractivity contribution in [1.29, 1.82) is 0 Å². The molecule has 7 nitrogen and oxygen atoms in total. The zero-order valence-corrected chi connectivity index (χ0v) is 17.3. The minimum atomic E-state index is -0.139.